The first-order valence-electron chi connectivity index (χ1n) is 6.07. The molecule has 0 aromatic heterocycles. The highest BCUT2D eigenvalue weighted by molar-refractivity contribution is 9.10. The average Bonchev–Trinajstić information content (AvgIpc) is 2.65. The van der Waals surface area contributed by atoms with Crippen molar-refractivity contribution in [2.45, 2.75) is 12.5 Å². The van der Waals surface area contributed by atoms with Gasteiger partial charge in [0.2, 0.25) is 0 Å². The number of aliphatic hydroxyl groups excluding tert-OH is 1. The van der Waals surface area contributed by atoms with Crippen LogP contribution in [-0.2, 0) is 9.53 Å². The molecule has 0 aliphatic carbocycles. The Bertz CT molecular complexity index is 493. The Morgan fingerprint density at radius 1 is 1.53 bits per heavy atom. The number of nitrogens with zero attached hydrogens (tertiary/aromatic N) is 1. The van der Waals surface area contributed by atoms with Crippen LogP contribution in [0.1, 0.15) is 18.1 Å². The molecule has 0 fully saturated rings. The molecule has 104 valence electrons. The number of hydrogen-bond donors (Lipinski definition) is 2. The van der Waals surface area contributed by atoms with Gasteiger partial charge in [-0.25, -0.2) is 0 Å². The van der Waals surface area contributed by atoms with E-state index in [0.717, 1.165) is 23.1 Å². The number of anilines is 2. The highest BCUT2D eigenvalue weighted by Gasteiger charge is 2.29. The summed E-state index contributed by atoms with van der Waals surface area (Å²) in [7, 11) is 3.66. The fraction of sp³-hybridized carbons (Fsp3) is 0.462. The monoisotopic (exact) mass is 328 g/mol. The van der Waals surface area contributed by atoms with Crippen LogP contribution in [0.3, 0.4) is 0 Å². The van der Waals surface area contributed by atoms with Crippen LogP contribution in [0.4, 0.5) is 11.4 Å². The van der Waals surface area contributed by atoms with Crippen LogP contribution in [0.25, 0.3) is 0 Å². The number of amides is 1. The van der Waals surface area contributed by atoms with E-state index >= 15 is 0 Å². The Morgan fingerprint density at radius 2 is 2.26 bits per heavy atom. The average molecular weight is 329 g/mol. The molecule has 19 heavy (non-hydrogen) atoms. The van der Waals surface area contributed by atoms with Gasteiger partial charge in [-0.2, -0.15) is 0 Å². The van der Waals surface area contributed by atoms with Crippen molar-refractivity contribution in [2.24, 2.45) is 0 Å². The summed E-state index contributed by atoms with van der Waals surface area (Å²) in [5, 5.41) is 12.4. The number of rotatable bonds is 5. The maximum atomic E-state index is 11.4. The summed E-state index contributed by atoms with van der Waals surface area (Å²) in [5.74, 6) is -0.374. The number of carbonyl (C=O) groups excluding carboxylic acids is 1. The maximum absolute atomic E-state index is 11.4. The Kier molecular flexibility index (Phi) is 4.44. The van der Waals surface area contributed by atoms with Crippen molar-refractivity contribution in [3.8, 4) is 0 Å². The van der Waals surface area contributed by atoms with Gasteiger partial charge >= 0.3 is 0 Å². The molecular weight excluding hydrogens is 312 g/mol. The third kappa shape index (κ3) is 2.91. The van der Waals surface area contributed by atoms with Crippen molar-refractivity contribution in [3.05, 3.63) is 22.2 Å². The standard InChI is InChI=1S/C13H17BrN2O3/c1-16(4-3-5-19-2)11-7-10-8(6-9(11)14)12(17)13(18)15-10/h6-7,12,17H,3-5H2,1-2H3,(H,15,18). The second-order valence-corrected chi connectivity index (χ2v) is 5.40. The van der Waals surface area contributed by atoms with E-state index in [1.807, 2.05) is 13.1 Å². The van der Waals surface area contributed by atoms with Gasteiger partial charge in [0.1, 0.15) is 0 Å². The summed E-state index contributed by atoms with van der Waals surface area (Å²) >= 11 is 3.48. The highest BCUT2D eigenvalue weighted by Crippen LogP contribution is 2.38. The number of aliphatic hydroxyl groups is 1. The minimum Gasteiger partial charge on any atom is -0.385 e. The zero-order chi connectivity index (χ0) is 14.0. The quantitative estimate of drug-likeness (QED) is 0.810. The molecule has 0 radical (unpaired) electrons. The maximum Gasteiger partial charge on any atom is 0.257 e. The lowest BCUT2D eigenvalue weighted by Gasteiger charge is -2.21. The molecule has 1 aromatic rings. The largest absolute Gasteiger partial charge is 0.385 e. The van der Waals surface area contributed by atoms with E-state index in [9.17, 15) is 9.90 Å². The first kappa shape index (κ1) is 14.3. The highest BCUT2D eigenvalue weighted by atomic mass is 79.9. The number of methoxy groups -OCH3 is 1. The van der Waals surface area contributed by atoms with Crippen LogP contribution in [0, 0.1) is 0 Å². The molecule has 6 heteroatoms. The lowest BCUT2D eigenvalue weighted by Crippen LogP contribution is -2.20. The Labute approximate surface area is 120 Å². The first-order valence-corrected chi connectivity index (χ1v) is 6.86. The van der Waals surface area contributed by atoms with Gasteiger partial charge in [0.05, 0.1) is 5.69 Å². The van der Waals surface area contributed by atoms with Crippen molar-refractivity contribution in [3.63, 3.8) is 0 Å². The molecule has 5 nitrogen and oxygen atoms in total. The van der Waals surface area contributed by atoms with Crippen LogP contribution in [0.5, 0.6) is 0 Å². The summed E-state index contributed by atoms with van der Waals surface area (Å²) < 4.78 is 5.89. The molecule has 1 aliphatic heterocycles. The van der Waals surface area contributed by atoms with E-state index in [1.54, 1.807) is 13.2 Å². The van der Waals surface area contributed by atoms with Gasteiger partial charge in [0, 0.05) is 43.0 Å². The second kappa shape index (κ2) is 5.90. The van der Waals surface area contributed by atoms with Gasteiger partial charge in [0.25, 0.3) is 5.91 Å². The fourth-order valence-electron chi connectivity index (χ4n) is 2.11. The molecule has 0 saturated heterocycles. The first-order chi connectivity index (χ1) is 9.04. The van der Waals surface area contributed by atoms with Crippen molar-refractivity contribution < 1.29 is 14.6 Å². The number of ether oxygens (including phenoxy) is 1. The summed E-state index contributed by atoms with van der Waals surface area (Å²) in [6.07, 6.45) is -0.148. The van der Waals surface area contributed by atoms with E-state index in [4.69, 9.17) is 4.74 Å². The molecule has 1 heterocycles. The Balaban J connectivity index is 2.19. The summed E-state index contributed by atoms with van der Waals surface area (Å²) in [6, 6.07) is 3.67. The van der Waals surface area contributed by atoms with Crippen molar-refractivity contribution in [1.82, 2.24) is 0 Å². The zero-order valence-electron chi connectivity index (χ0n) is 10.9. The lowest BCUT2D eigenvalue weighted by molar-refractivity contribution is -0.123. The molecule has 2 rings (SSSR count). The minimum atomic E-state index is -1.07. The van der Waals surface area contributed by atoms with Gasteiger partial charge in [-0.1, -0.05) is 0 Å². The van der Waals surface area contributed by atoms with Gasteiger partial charge in [-0.05, 0) is 34.5 Å². The molecule has 0 bridgehead atoms. The second-order valence-electron chi connectivity index (χ2n) is 4.55. The summed E-state index contributed by atoms with van der Waals surface area (Å²) in [6.45, 7) is 1.56. The minimum absolute atomic E-state index is 0.374. The van der Waals surface area contributed by atoms with E-state index in [1.165, 1.54) is 0 Å². The molecule has 1 aliphatic rings. The van der Waals surface area contributed by atoms with E-state index in [0.29, 0.717) is 17.9 Å². The Morgan fingerprint density at radius 3 is 2.95 bits per heavy atom. The fourth-order valence-corrected chi connectivity index (χ4v) is 2.78. The molecule has 0 spiro atoms. The third-order valence-electron chi connectivity index (χ3n) is 3.17. The van der Waals surface area contributed by atoms with Crippen LogP contribution < -0.4 is 10.2 Å². The van der Waals surface area contributed by atoms with Crippen LogP contribution in [0.15, 0.2) is 16.6 Å². The predicted molar refractivity (Wildman–Crippen MR) is 77.5 cm³/mol. The molecule has 0 saturated carbocycles. The number of hydrogen-bond acceptors (Lipinski definition) is 4. The SMILES string of the molecule is COCCCN(C)c1cc2c(cc1Br)C(O)C(=O)N2. The molecule has 2 N–H and O–H groups in total. The van der Waals surface area contributed by atoms with Crippen LogP contribution in [-0.4, -0.2) is 38.3 Å². The number of fused-ring (bicyclic) bond motifs is 1. The molecule has 1 aromatic carbocycles. The van der Waals surface area contributed by atoms with E-state index < -0.39 is 6.10 Å². The van der Waals surface area contributed by atoms with Crippen molar-refractivity contribution in [1.29, 1.82) is 0 Å². The number of carbonyl (C=O) groups is 1. The van der Waals surface area contributed by atoms with Crippen molar-refractivity contribution >= 4 is 33.2 Å². The third-order valence-corrected chi connectivity index (χ3v) is 3.81. The van der Waals surface area contributed by atoms with Gasteiger partial charge < -0.3 is 20.1 Å². The van der Waals surface area contributed by atoms with Gasteiger partial charge in [0.15, 0.2) is 6.10 Å². The predicted octanol–water partition coefficient (Wildman–Crippen LogP) is 1.91. The number of nitrogens with one attached hydrogen (secondary N) is 1. The van der Waals surface area contributed by atoms with Crippen LogP contribution in [0.2, 0.25) is 0 Å². The van der Waals surface area contributed by atoms with Crippen LogP contribution >= 0.6 is 15.9 Å². The topological polar surface area (TPSA) is 61.8 Å². The smallest absolute Gasteiger partial charge is 0.257 e. The summed E-state index contributed by atoms with van der Waals surface area (Å²) in [5.41, 5.74) is 2.27. The lowest BCUT2D eigenvalue weighted by atomic mass is 10.1. The van der Waals surface area contributed by atoms with E-state index in [-0.39, 0.29) is 5.91 Å². The summed E-state index contributed by atoms with van der Waals surface area (Å²) in [4.78, 5) is 13.5. The van der Waals surface area contributed by atoms with E-state index in [2.05, 4.69) is 26.1 Å². The molecule has 1 atom stereocenters. The molecular formula is C13H17BrN2O3. The zero-order valence-corrected chi connectivity index (χ0v) is 12.5. The van der Waals surface area contributed by atoms with Gasteiger partial charge in [-0.15, -0.1) is 0 Å². The number of benzene rings is 1. The number of halogens is 1. The Hall–Kier alpha value is -1.11. The molecule has 1 amide bonds. The molecule has 1 unspecified atom stereocenters. The van der Waals surface area contributed by atoms with Crippen molar-refractivity contribution in [2.75, 3.05) is 37.5 Å². The normalized spacial score (nSPS) is 17.3. The van der Waals surface area contributed by atoms with Gasteiger partial charge in [-0.3, -0.25) is 4.79 Å².